The maximum Gasteiger partial charge on any atom is 0.440 e. The minimum Gasteiger partial charge on any atom is -0.448 e. The number of rotatable bonds is 1. The summed E-state index contributed by atoms with van der Waals surface area (Å²) < 4.78 is 4.33. The van der Waals surface area contributed by atoms with Crippen LogP contribution in [0.15, 0.2) is 0 Å². The fraction of sp³-hybridized carbons (Fsp3) is 0.400. The lowest BCUT2D eigenvalue weighted by Crippen LogP contribution is -2.39. The maximum absolute atomic E-state index is 10.5. The summed E-state index contributed by atoms with van der Waals surface area (Å²) in [5.41, 5.74) is 6.17. The molecule has 0 bridgehead atoms. The molecule has 0 aliphatic rings. The van der Waals surface area contributed by atoms with Crippen LogP contribution in [-0.2, 0) is 9.57 Å². The Morgan fingerprint density at radius 3 is 2.38 bits per heavy atom. The van der Waals surface area contributed by atoms with Crippen molar-refractivity contribution in [3.8, 4) is 0 Å². The predicted octanol–water partition coefficient (Wildman–Crippen LogP) is -0.548. The van der Waals surface area contributed by atoms with Crippen LogP contribution < -0.4 is 16.5 Å². The van der Waals surface area contributed by atoms with Crippen molar-refractivity contribution in [2.45, 2.75) is 6.92 Å². The van der Waals surface area contributed by atoms with Crippen molar-refractivity contribution in [2.24, 2.45) is 5.73 Å². The highest BCUT2D eigenvalue weighted by Gasteiger charge is 2.07. The minimum absolute atomic E-state index is 0.132. The number of ether oxygens (including phenoxy) is 1. The number of carbonyl (C=O) groups is 3. The molecule has 0 spiro atoms. The minimum atomic E-state index is -1.19. The molecule has 0 fully saturated rings. The van der Waals surface area contributed by atoms with E-state index in [2.05, 4.69) is 15.3 Å². The number of amides is 4. The zero-order chi connectivity index (χ0) is 10.3. The third-order valence-corrected chi connectivity index (χ3v) is 0.728. The van der Waals surface area contributed by atoms with E-state index >= 15 is 0 Å². The number of hydroxylamine groups is 1. The van der Waals surface area contributed by atoms with Gasteiger partial charge in [-0.1, -0.05) is 0 Å². The Labute approximate surface area is 73.3 Å². The average Bonchev–Trinajstić information content (AvgIpc) is 2.00. The second-order valence-corrected chi connectivity index (χ2v) is 1.70. The van der Waals surface area contributed by atoms with Gasteiger partial charge in [0, 0.05) is 0 Å². The molecule has 0 heterocycles. The topological polar surface area (TPSA) is 120 Å². The molecular weight excluding hydrogens is 182 g/mol. The number of imide groups is 1. The van der Waals surface area contributed by atoms with Gasteiger partial charge >= 0.3 is 18.2 Å². The van der Waals surface area contributed by atoms with Crippen LogP contribution in [0.2, 0.25) is 0 Å². The molecule has 0 saturated heterocycles. The molecule has 8 heteroatoms. The van der Waals surface area contributed by atoms with Crippen LogP contribution >= 0.6 is 0 Å². The fourth-order valence-corrected chi connectivity index (χ4v) is 0.375. The van der Waals surface area contributed by atoms with E-state index in [0.717, 1.165) is 0 Å². The molecule has 8 nitrogen and oxygen atoms in total. The van der Waals surface area contributed by atoms with Gasteiger partial charge in [0.15, 0.2) is 0 Å². The molecule has 0 aliphatic heterocycles. The van der Waals surface area contributed by atoms with Crippen molar-refractivity contribution in [3.63, 3.8) is 0 Å². The van der Waals surface area contributed by atoms with E-state index in [-0.39, 0.29) is 6.61 Å². The van der Waals surface area contributed by atoms with Gasteiger partial charge in [0.25, 0.3) is 0 Å². The molecule has 0 radical (unpaired) electrons. The second kappa shape index (κ2) is 5.63. The van der Waals surface area contributed by atoms with E-state index in [4.69, 9.17) is 0 Å². The summed E-state index contributed by atoms with van der Waals surface area (Å²) in [4.78, 5) is 35.0. The monoisotopic (exact) mass is 191 g/mol. The molecule has 0 aromatic heterocycles. The summed E-state index contributed by atoms with van der Waals surface area (Å²) in [5.74, 6) is 0. The van der Waals surface area contributed by atoms with Crippen LogP contribution in [0.5, 0.6) is 0 Å². The quantitative estimate of drug-likeness (QED) is 0.480. The molecule has 0 atom stereocenters. The number of primary amides is 1. The van der Waals surface area contributed by atoms with Crippen LogP contribution in [0.4, 0.5) is 14.4 Å². The molecule has 0 aromatic carbocycles. The highest BCUT2D eigenvalue weighted by Crippen LogP contribution is 1.77. The van der Waals surface area contributed by atoms with Gasteiger partial charge in [0.2, 0.25) is 0 Å². The van der Waals surface area contributed by atoms with Gasteiger partial charge in [0.05, 0.1) is 6.61 Å². The molecule has 0 aliphatic carbocycles. The van der Waals surface area contributed by atoms with Crippen molar-refractivity contribution in [3.05, 3.63) is 0 Å². The number of carbonyl (C=O) groups excluding carboxylic acids is 3. The number of hydrogen-bond donors (Lipinski definition) is 3. The zero-order valence-electron chi connectivity index (χ0n) is 6.83. The third-order valence-electron chi connectivity index (χ3n) is 0.728. The third kappa shape index (κ3) is 6.41. The Hall–Kier alpha value is -1.99. The first kappa shape index (κ1) is 11.0. The lowest BCUT2D eigenvalue weighted by molar-refractivity contribution is 0.0669. The van der Waals surface area contributed by atoms with Crippen LogP contribution in [0.25, 0.3) is 0 Å². The normalized spacial score (nSPS) is 8.38. The van der Waals surface area contributed by atoms with E-state index in [1.165, 1.54) is 0 Å². The first-order valence-corrected chi connectivity index (χ1v) is 3.26. The van der Waals surface area contributed by atoms with Gasteiger partial charge in [-0.25, -0.2) is 19.7 Å². The summed E-state index contributed by atoms with van der Waals surface area (Å²) >= 11 is 0. The highest BCUT2D eigenvalue weighted by atomic mass is 16.7. The Bertz CT molecular complexity index is 216. The van der Waals surface area contributed by atoms with Crippen LogP contribution in [0.3, 0.4) is 0 Å². The van der Waals surface area contributed by atoms with Gasteiger partial charge < -0.3 is 15.3 Å². The number of nitrogens with one attached hydrogen (secondary N) is 2. The largest absolute Gasteiger partial charge is 0.448 e. The van der Waals surface area contributed by atoms with E-state index in [0.29, 0.717) is 0 Å². The Kier molecular flexibility index (Phi) is 4.77. The van der Waals surface area contributed by atoms with Gasteiger partial charge in [0.1, 0.15) is 0 Å². The summed E-state index contributed by atoms with van der Waals surface area (Å²) in [6.45, 7) is 1.70. The highest BCUT2D eigenvalue weighted by molar-refractivity contribution is 5.89. The second-order valence-electron chi connectivity index (χ2n) is 1.70. The molecule has 0 unspecified atom stereocenters. The lowest BCUT2D eigenvalue weighted by Gasteiger charge is -2.04. The van der Waals surface area contributed by atoms with Gasteiger partial charge in [-0.05, 0) is 6.92 Å². The van der Waals surface area contributed by atoms with Crippen molar-refractivity contribution in [2.75, 3.05) is 6.61 Å². The number of urea groups is 1. The van der Waals surface area contributed by atoms with Crippen molar-refractivity contribution in [1.82, 2.24) is 10.8 Å². The van der Waals surface area contributed by atoms with Crippen LogP contribution in [0, 0.1) is 0 Å². The standard InChI is InChI=1S/C5H9N3O5/c1-2-12-5(11)8-13-4(10)7-3(6)9/h2H2,1H3,(H,8,11)(H3,6,7,9,10). The maximum atomic E-state index is 10.5. The van der Waals surface area contributed by atoms with E-state index in [1.807, 2.05) is 0 Å². The average molecular weight is 191 g/mol. The molecule has 4 N–H and O–H groups in total. The zero-order valence-corrected chi connectivity index (χ0v) is 6.83. The van der Waals surface area contributed by atoms with Gasteiger partial charge in [-0.3, -0.25) is 0 Å². The summed E-state index contributed by atoms with van der Waals surface area (Å²) in [6, 6.07) is -1.09. The summed E-state index contributed by atoms with van der Waals surface area (Å²) in [6.07, 6.45) is -2.14. The smallest absolute Gasteiger partial charge is 0.440 e. The van der Waals surface area contributed by atoms with Crippen molar-refractivity contribution >= 4 is 18.2 Å². The van der Waals surface area contributed by atoms with E-state index in [1.54, 1.807) is 17.7 Å². The number of nitrogens with two attached hydrogens (primary N) is 1. The molecule has 0 aromatic rings. The lowest BCUT2D eigenvalue weighted by atomic mass is 10.9. The molecule has 0 saturated carbocycles. The van der Waals surface area contributed by atoms with E-state index < -0.39 is 18.2 Å². The molecule has 4 amide bonds. The molecule has 74 valence electrons. The van der Waals surface area contributed by atoms with E-state index in [9.17, 15) is 14.4 Å². The Morgan fingerprint density at radius 1 is 1.31 bits per heavy atom. The predicted molar refractivity (Wildman–Crippen MR) is 39.4 cm³/mol. The molecule has 13 heavy (non-hydrogen) atoms. The summed E-state index contributed by atoms with van der Waals surface area (Å²) in [7, 11) is 0. The molecule has 0 rings (SSSR count). The number of hydrogen-bond acceptors (Lipinski definition) is 5. The van der Waals surface area contributed by atoms with Gasteiger partial charge in [-0.15, -0.1) is 5.48 Å². The molecular formula is C5H9N3O5. The van der Waals surface area contributed by atoms with Crippen molar-refractivity contribution in [1.29, 1.82) is 0 Å². The van der Waals surface area contributed by atoms with Crippen molar-refractivity contribution < 1.29 is 24.0 Å². The van der Waals surface area contributed by atoms with Crippen LogP contribution in [0.1, 0.15) is 6.92 Å². The summed E-state index contributed by atoms with van der Waals surface area (Å²) in [5, 5.41) is 1.55. The first-order chi connectivity index (χ1) is 6.06. The fourth-order valence-electron chi connectivity index (χ4n) is 0.375. The van der Waals surface area contributed by atoms with Gasteiger partial charge in [-0.2, -0.15) is 0 Å². The first-order valence-electron chi connectivity index (χ1n) is 3.26. The van der Waals surface area contributed by atoms with Crippen LogP contribution in [-0.4, -0.2) is 24.8 Å². The SMILES string of the molecule is CCOC(=O)NOC(=O)NC(N)=O. The Balaban J connectivity index is 3.58. The Morgan fingerprint density at radius 2 is 1.92 bits per heavy atom.